The molecular formula is C14H30N2O. The van der Waals surface area contributed by atoms with E-state index in [2.05, 4.69) is 24.1 Å². The van der Waals surface area contributed by atoms with Crippen LogP contribution in [0.3, 0.4) is 0 Å². The van der Waals surface area contributed by atoms with Crippen molar-refractivity contribution in [2.24, 2.45) is 11.8 Å². The van der Waals surface area contributed by atoms with Gasteiger partial charge in [0.05, 0.1) is 6.61 Å². The zero-order valence-corrected chi connectivity index (χ0v) is 11.9. The van der Waals surface area contributed by atoms with E-state index in [-0.39, 0.29) is 0 Å². The quantitative estimate of drug-likeness (QED) is 0.659. The van der Waals surface area contributed by atoms with Crippen molar-refractivity contribution in [3.05, 3.63) is 0 Å². The Kier molecular flexibility index (Phi) is 7.82. The van der Waals surface area contributed by atoms with Crippen LogP contribution in [0.1, 0.15) is 33.1 Å². The van der Waals surface area contributed by atoms with Crippen molar-refractivity contribution in [1.29, 1.82) is 0 Å². The lowest BCUT2D eigenvalue weighted by Crippen LogP contribution is -2.36. The van der Waals surface area contributed by atoms with E-state index in [9.17, 15) is 0 Å². The molecule has 0 spiro atoms. The van der Waals surface area contributed by atoms with Gasteiger partial charge in [-0.25, -0.2) is 0 Å². The Hall–Kier alpha value is -0.120. The molecule has 0 amide bonds. The minimum atomic E-state index is 0.655. The van der Waals surface area contributed by atoms with E-state index in [1.165, 1.54) is 38.9 Å². The van der Waals surface area contributed by atoms with Crippen LogP contribution in [0.15, 0.2) is 0 Å². The summed E-state index contributed by atoms with van der Waals surface area (Å²) in [6.07, 6.45) is 4.08. The first kappa shape index (κ1) is 14.9. The summed E-state index contributed by atoms with van der Waals surface area (Å²) in [5, 5.41) is 3.25. The fraction of sp³-hybridized carbons (Fsp3) is 1.00. The molecule has 1 rings (SSSR count). The van der Waals surface area contributed by atoms with Gasteiger partial charge in [0, 0.05) is 13.2 Å². The molecule has 1 N–H and O–H groups in total. The zero-order chi connectivity index (χ0) is 12.5. The Bertz CT molecular complexity index is 177. The molecule has 1 fully saturated rings. The molecule has 0 aromatic heterocycles. The molecule has 1 heterocycles. The number of rotatable bonds is 8. The predicted octanol–water partition coefficient (Wildman–Crippen LogP) is 1.98. The maximum Gasteiger partial charge on any atom is 0.0593 e. The van der Waals surface area contributed by atoms with Gasteiger partial charge in [0.15, 0.2) is 0 Å². The summed E-state index contributed by atoms with van der Waals surface area (Å²) in [6, 6.07) is 0. The van der Waals surface area contributed by atoms with Gasteiger partial charge < -0.3 is 15.0 Å². The van der Waals surface area contributed by atoms with E-state index in [0.29, 0.717) is 5.92 Å². The Labute approximate surface area is 107 Å². The Balaban J connectivity index is 1.99. The third-order valence-electron chi connectivity index (χ3n) is 3.51. The number of hydrogen-bond donors (Lipinski definition) is 1. The van der Waals surface area contributed by atoms with Crippen LogP contribution in [0, 0.1) is 11.8 Å². The van der Waals surface area contributed by atoms with E-state index in [0.717, 1.165) is 25.7 Å². The molecule has 0 aliphatic carbocycles. The second kappa shape index (κ2) is 8.90. The molecule has 0 aromatic rings. The van der Waals surface area contributed by atoms with Crippen LogP contribution in [0.25, 0.3) is 0 Å². The first-order chi connectivity index (χ1) is 8.22. The molecule has 17 heavy (non-hydrogen) atoms. The van der Waals surface area contributed by atoms with E-state index < -0.39 is 0 Å². The summed E-state index contributed by atoms with van der Waals surface area (Å²) in [7, 11) is 2.04. The first-order valence-electron chi connectivity index (χ1n) is 7.17. The zero-order valence-electron chi connectivity index (χ0n) is 11.9. The van der Waals surface area contributed by atoms with Crippen LogP contribution in [0.5, 0.6) is 0 Å². The fourth-order valence-corrected chi connectivity index (χ4v) is 2.36. The van der Waals surface area contributed by atoms with Gasteiger partial charge in [-0.1, -0.05) is 13.8 Å². The minimum Gasteiger partial charge on any atom is -0.380 e. The second-order valence-electron chi connectivity index (χ2n) is 5.65. The fourth-order valence-electron chi connectivity index (χ4n) is 2.36. The number of nitrogens with zero attached hydrogens (tertiary/aromatic N) is 1. The highest BCUT2D eigenvalue weighted by atomic mass is 16.5. The monoisotopic (exact) mass is 242 g/mol. The molecule has 0 radical (unpaired) electrons. The third kappa shape index (κ3) is 7.02. The molecular weight excluding hydrogens is 212 g/mol. The van der Waals surface area contributed by atoms with Crippen molar-refractivity contribution in [1.82, 2.24) is 10.2 Å². The molecule has 0 bridgehead atoms. The molecule has 0 unspecified atom stereocenters. The topological polar surface area (TPSA) is 24.5 Å². The van der Waals surface area contributed by atoms with Gasteiger partial charge in [-0.15, -0.1) is 0 Å². The van der Waals surface area contributed by atoms with Gasteiger partial charge in [0.1, 0.15) is 0 Å². The standard InChI is InChI=1S/C14H30N2O/c1-13(2)12-17-11-10-16-8-5-14(6-9-16)4-7-15-3/h13-15H,4-12H2,1-3H3. The largest absolute Gasteiger partial charge is 0.380 e. The number of ether oxygens (including phenoxy) is 1. The van der Waals surface area contributed by atoms with Gasteiger partial charge in [-0.05, 0) is 57.8 Å². The lowest BCUT2D eigenvalue weighted by Gasteiger charge is -2.31. The molecule has 3 heteroatoms. The molecule has 0 aromatic carbocycles. The summed E-state index contributed by atoms with van der Waals surface area (Å²) in [4.78, 5) is 2.55. The lowest BCUT2D eigenvalue weighted by molar-refractivity contribution is 0.0733. The van der Waals surface area contributed by atoms with Crippen molar-refractivity contribution < 1.29 is 4.74 Å². The summed E-state index contributed by atoms with van der Waals surface area (Å²) in [5.74, 6) is 1.59. The number of likely N-dealkylation sites (tertiary alicyclic amines) is 1. The maximum atomic E-state index is 5.64. The number of nitrogens with one attached hydrogen (secondary N) is 1. The van der Waals surface area contributed by atoms with Gasteiger partial charge in [0.25, 0.3) is 0 Å². The maximum absolute atomic E-state index is 5.64. The SMILES string of the molecule is CNCCC1CCN(CCOCC(C)C)CC1. The smallest absolute Gasteiger partial charge is 0.0593 e. The van der Waals surface area contributed by atoms with Crippen molar-refractivity contribution >= 4 is 0 Å². The Morgan fingerprint density at radius 1 is 1.29 bits per heavy atom. The summed E-state index contributed by atoms with van der Waals surface area (Å²) in [5.41, 5.74) is 0. The molecule has 1 aliphatic rings. The molecule has 102 valence electrons. The van der Waals surface area contributed by atoms with Crippen molar-refractivity contribution in [3.63, 3.8) is 0 Å². The third-order valence-corrected chi connectivity index (χ3v) is 3.51. The Morgan fingerprint density at radius 2 is 2.00 bits per heavy atom. The lowest BCUT2D eigenvalue weighted by atomic mass is 9.93. The summed E-state index contributed by atoms with van der Waals surface area (Å²) >= 11 is 0. The van der Waals surface area contributed by atoms with E-state index in [1.807, 2.05) is 7.05 Å². The minimum absolute atomic E-state index is 0.655. The molecule has 1 saturated heterocycles. The van der Waals surface area contributed by atoms with Gasteiger partial charge >= 0.3 is 0 Å². The second-order valence-corrected chi connectivity index (χ2v) is 5.65. The highest BCUT2D eigenvalue weighted by molar-refractivity contribution is 4.72. The van der Waals surface area contributed by atoms with Gasteiger partial charge in [0.2, 0.25) is 0 Å². The summed E-state index contributed by atoms with van der Waals surface area (Å²) in [6.45, 7) is 11.0. The number of hydrogen-bond acceptors (Lipinski definition) is 3. The van der Waals surface area contributed by atoms with Crippen molar-refractivity contribution in [2.45, 2.75) is 33.1 Å². The Morgan fingerprint density at radius 3 is 2.59 bits per heavy atom. The average molecular weight is 242 g/mol. The van der Waals surface area contributed by atoms with Crippen molar-refractivity contribution in [3.8, 4) is 0 Å². The van der Waals surface area contributed by atoms with Crippen LogP contribution < -0.4 is 5.32 Å². The van der Waals surface area contributed by atoms with E-state index >= 15 is 0 Å². The van der Waals surface area contributed by atoms with Crippen LogP contribution in [-0.2, 0) is 4.74 Å². The average Bonchev–Trinajstić information content (AvgIpc) is 2.33. The first-order valence-corrected chi connectivity index (χ1v) is 7.17. The van der Waals surface area contributed by atoms with Crippen LogP contribution in [0.2, 0.25) is 0 Å². The molecule has 0 atom stereocenters. The molecule has 0 saturated carbocycles. The van der Waals surface area contributed by atoms with E-state index in [1.54, 1.807) is 0 Å². The highest BCUT2D eigenvalue weighted by Gasteiger charge is 2.18. The van der Waals surface area contributed by atoms with Crippen LogP contribution in [-0.4, -0.2) is 51.3 Å². The molecule has 1 aliphatic heterocycles. The van der Waals surface area contributed by atoms with Gasteiger partial charge in [-0.2, -0.15) is 0 Å². The van der Waals surface area contributed by atoms with Crippen molar-refractivity contribution in [2.75, 3.05) is 46.4 Å². The van der Waals surface area contributed by atoms with E-state index in [4.69, 9.17) is 4.74 Å². The predicted molar refractivity (Wildman–Crippen MR) is 73.4 cm³/mol. The number of piperidine rings is 1. The summed E-state index contributed by atoms with van der Waals surface area (Å²) < 4.78 is 5.64. The molecule has 3 nitrogen and oxygen atoms in total. The van der Waals surface area contributed by atoms with Crippen LogP contribution in [0.4, 0.5) is 0 Å². The normalized spacial score (nSPS) is 19.1. The van der Waals surface area contributed by atoms with Crippen LogP contribution >= 0.6 is 0 Å². The van der Waals surface area contributed by atoms with Gasteiger partial charge in [-0.3, -0.25) is 0 Å². The highest BCUT2D eigenvalue weighted by Crippen LogP contribution is 2.19.